The minimum Gasteiger partial charge on any atom is -0.469 e. The molecule has 0 spiro atoms. The molecule has 1 N–H and O–H groups in total. The molecule has 0 radical (unpaired) electrons. The van der Waals surface area contributed by atoms with Crippen LogP contribution in [0.4, 0.5) is 0 Å². The molecule has 2 fully saturated rings. The summed E-state index contributed by atoms with van der Waals surface area (Å²) in [5.41, 5.74) is 0.196. The Hall–Kier alpha value is -0.610. The van der Waals surface area contributed by atoms with E-state index in [9.17, 15) is 4.79 Å². The molecule has 4 nitrogen and oxygen atoms in total. The zero-order valence-corrected chi connectivity index (χ0v) is 11.9. The van der Waals surface area contributed by atoms with Crippen LogP contribution in [-0.4, -0.2) is 48.7 Å². The van der Waals surface area contributed by atoms with Crippen molar-refractivity contribution >= 4 is 5.97 Å². The van der Waals surface area contributed by atoms with Crippen LogP contribution in [-0.2, 0) is 9.53 Å². The van der Waals surface area contributed by atoms with Crippen molar-refractivity contribution in [3.8, 4) is 0 Å². The first-order chi connectivity index (χ1) is 8.53. The van der Waals surface area contributed by atoms with Gasteiger partial charge in [0.1, 0.15) is 0 Å². The molecule has 4 heteroatoms. The van der Waals surface area contributed by atoms with Crippen molar-refractivity contribution < 1.29 is 9.53 Å². The number of rotatable bonds is 3. The Morgan fingerprint density at radius 3 is 2.67 bits per heavy atom. The van der Waals surface area contributed by atoms with Crippen molar-refractivity contribution in [2.45, 2.75) is 63.6 Å². The molecular weight excluding hydrogens is 228 g/mol. The summed E-state index contributed by atoms with van der Waals surface area (Å²) in [4.78, 5) is 14.0. The molecule has 1 unspecified atom stereocenters. The first-order valence-corrected chi connectivity index (χ1v) is 7.10. The molecule has 2 aliphatic rings. The van der Waals surface area contributed by atoms with E-state index in [0.717, 1.165) is 13.1 Å². The van der Waals surface area contributed by atoms with Crippen LogP contribution in [0.25, 0.3) is 0 Å². The summed E-state index contributed by atoms with van der Waals surface area (Å²) in [6, 6.07) is 0.952. The molecule has 18 heavy (non-hydrogen) atoms. The van der Waals surface area contributed by atoms with E-state index in [-0.39, 0.29) is 17.6 Å². The van der Waals surface area contributed by atoms with Crippen LogP contribution in [0.5, 0.6) is 0 Å². The Labute approximate surface area is 110 Å². The highest BCUT2D eigenvalue weighted by atomic mass is 16.5. The van der Waals surface area contributed by atoms with Gasteiger partial charge < -0.3 is 10.1 Å². The average molecular weight is 254 g/mol. The number of hydrogen-bond donors (Lipinski definition) is 1. The quantitative estimate of drug-likeness (QED) is 0.776. The zero-order chi connectivity index (χ0) is 13.2. The predicted molar refractivity (Wildman–Crippen MR) is 71.5 cm³/mol. The molecule has 2 rings (SSSR count). The molecular formula is C14H26N2O2. The molecule has 0 aromatic rings. The lowest BCUT2D eigenvalue weighted by atomic mass is 9.93. The Balaban J connectivity index is 1.98. The van der Waals surface area contributed by atoms with Crippen molar-refractivity contribution in [1.29, 1.82) is 0 Å². The summed E-state index contributed by atoms with van der Waals surface area (Å²) in [5, 5.41) is 3.49. The van der Waals surface area contributed by atoms with Gasteiger partial charge in [0.25, 0.3) is 0 Å². The van der Waals surface area contributed by atoms with Crippen molar-refractivity contribution in [2.75, 3.05) is 20.2 Å². The largest absolute Gasteiger partial charge is 0.469 e. The van der Waals surface area contributed by atoms with E-state index in [4.69, 9.17) is 4.74 Å². The van der Waals surface area contributed by atoms with Gasteiger partial charge >= 0.3 is 5.97 Å². The lowest BCUT2D eigenvalue weighted by molar-refractivity contribution is -0.141. The number of methoxy groups -OCH3 is 1. The maximum absolute atomic E-state index is 11.4. The Bertz CT molecular complexity index is 298. The maximum Gasteiger partial charge on any atom is 0.307 e. The summed E-state index contributed by atoms with van der Waals surface area (Å²) in [6.45, 7) is 6.51. The standard InChI is InChI=1S/C14H26N2O2/c1-14(2)10-15-11(8-13(17)18-3)9-16(14)12-6-4-5-7-12/h11-12,15H,4-10H2,1-3H3. The third kappa shape index (κ3) is 3.04. The van der Waals surface area contributed by atoms with E-state index in [1.54, 1.807) is 0 Å². The van der Waals surface area contributed by atoms with Gasteiger partial charge in [-0.3, -0.25) is 9.69 Å². The van der Waals surface area contributed by atoms with Gasteiger partial charge in [0.05, 0.1) is 13.5 Å². The van der Waals surface area contributed by atoms with E-state index < -0.39 is 0 Å². The van der Waals surface area contributed by atoms with E-state index in [2.05, 4.69) is 24.1 Å². The van der Waals surface area contributed by atoms with Crippen LogP contribution < -0.4 is 5.32 Å². The Morgan fingerprint density at radius 1 is 1.39 bits per heavy atom. The third-order valence-corrected chi connectivity index (χ3v) is 4.42. The molecule has 1 atom stereocenters. The summed E-state index contributed by atoms with van der Waals surface area (Å²) < 4.78 is 4.77. The fourth-order valence-electron chi connectivity index (χ4n) is 3.33. The number of carbonyl (C=O) groups excluding carboxylic acids is 1. The van der Waals surface area contributed by atoms with E-state index in [1.165, 1.54) is 32.8 Å². The van der Waals surface area contributed by atoms with Crippen molar-refractivity contribution in [3.63, 3.8) is 0 Å². The molecule has 0 aromatic heterocycles. The van der Waals surface area contributed by atoms with Crippen LogP contribution in [0.1, 0.15) is 46.0 Å². The summed E-state index contributed by atoms with van der Waals surface area (Å²) >= 11 is 0. The normalized spacial score (nSPS) is 29.4. The highest BCUT2D eigenvalue weighted by molar-refractivity contribution is 5.70. The van der Waals surface area contributed by atoms with Crippen LogP contribution in [0.3, 0.4) is 0 Å². The first kappa shape index (κ1) is 13.8. The van der Waals surface area contributed by atoms with Gasteiger partial charge in [-0.1, -0.05) is 12.8 Å². The average Bonchev–Trinajstić information content (AvgIpc) is 2.84. The minimum absolute atomic E-state index is 0.112. The SMILES string of the molecule is COC(=O)CC1CN(C2CCCC2)C(C)(C)CN1. The molecule has 1 aliphatic carbocycles. The van der Waals surface area contributed by atoms with E-state index in [1.807, 2.05) is 0 Å². The molecule has 0 aromatic carbocycles. The number of nitrogens with one attached hydrogen (secondary N) is 1. The van der Waals surface area contributed by atoms with Crippen LogP contribution in [0.2, 0.25) is 0 Å². The smallest absolute Gasteiger partial charge is 0.307 e. The van der Waals surface area contributed by atoms with Crippen LogP contribution in [0.15, 0.2) is 0 Å². The minimum atomic E-state index is -0.112. The molecule has 1 saturated carbocycles. The third-order valence-electron chi connectivity index (χ3n) is 4.42. The molecule has 0 bridgehead atoms. The van der Waals surface area contributed by atoms with Crippen molar-refractivity contribution in [1.82, 2.24) is 10.2 Å². The number of esters is 1. The summed E-state index contributed by atoms with van der Waals surface area (Å²) in [7, 11) is 1.46. The predicted octanol–water partition coefficient (Wildman–Crippen LogP) is 1.54. The van der Waals surface area contributed by atoms with Crippen LogP contribution >= 0.6 is 0 Å². The van der Waals surface area contributed by atoms with E-state index >= 15 is 0 Å². The number of hydrogen-bond acceptors (Lipinski definition) is 4. The second kappa shape index (κ2) is 5.57. The zero-order valence-electron chi connectivity index (χ0n) is 11.9. The Kier molecular flexibility index (Phi) is 4.28. The topological polar surface area (TPSA) is 41.6 Å². The second-order valence-corrected chi connectivity index (χ2v) is 6.26. The van der Waals surface area contributed by atoms with Gasteiger partial charge in [-0.15, -0.1) is 0 Å². The molecule has 1 saturated heterocycles. The van der Waals surface area contributed by atoms with E-state index in [0.29, 0.717) is 12.5 Å². The number of nitrogens with zero attached hydrogens (tertiary/aromatic N) is 1. The molecule has 0 amide bonds. The van der Waals surface area contributed by atoms with Gasteiger partial charge in [-0.2, -0.15) is 0 Å². The fraction of sp³-hybridized carbons (Fsp3) is 0.929. The summed E-state index contributed by atoms with van der Waals surface area (Å²) in [6.07, 6.45) is 5.82. The fourth-order valence-corrected chi connectivity index (χ4v) is 3.33. The molecule has 1 heterocycles. The van der Waals surface area contributed by atoms with Gasteiger partial charge in [0.2, 0.25) is 0 Å². The number of ether oxygens (including phenoxy) is 1. The van der Waals surface area contributed by atoms with Crippen molar-refractivity contribution in [2.24, 2.45) is 0 Å². The molecule has 1 aliphatic heterocycles. The summed E-state index contributed by atoms with van der Waals surface area (Å²) in [5.74, 6) is -0.112. The van der Waals surface area contributed by atoms with Gasteiger partial charge in [-0.05, 0) is 26.7 Å². The Morgan fingerprint density at radius 2 is 2.06 bits per heavy atom. The lowest BCUT2D eigenvalue weighted by Gasteiger charge is -2.49. The first-order valence-electron chi connectivity index (χ1n) is 7.10. The number of carbonyl (C=O) groups is 1. The highest BCUT2D eigenvalue weighted by Gasteiger charge is 2.39. The van der Waals surface area contributed by atoms with Crippen LogP contribution in [0, 0.1) is 0 Å². The van der Waals surface area contributed by atoms with Gasteiger partial charge in [0.15, 0.2) is 0 Å². The lowest BCUT2D eigenvalue weighted by Crippen LogP contribution is -2.64. The highest BCUT2D eigenvalue weighted by Crippen LogP contribution is 2.31. The van der Waals surface area contributed by atoms with Crippen molar-refractivity contribution in [3.05, 3.63) is 0 Å². The second-order valence-electron chi connectivity index (χ2n) is 6.26. The monoisotopic (exact) mass is 254 g/mol. The maximum atomic E-state index is 11.4. The number of piperazine rings is 1. The van der Waals surface area contributed by atoms with Gasteiger partial charge in [0, 0.05) is 30.7 Å². The van der Waals surface area contributed by atoms with Gasteiger partial charge in [-0.25, -0.2) is 0 Å². The molecule has 104 valence electrons.